The van der Waals surface area contributed by atoms with Gasteiger partial charge < -0.3 is 18.9 Å². The number of carbonyl (C=O) groups excluding carboxylic acids is 1. The maximum Gasteiger partial charge on any atom is 0.263 e. The number of hydrogen-bond acceptors (Lipinski definition) is 6. The lowest BCUT2D eigenvalue weighted by atomic mass is 10.3. The highest BCUT2D eigenvalue weighted by molar-refractivity contribution is 6.30. The lowest BCUT2D eigenvalue weighted by Gasteiger charge is -2.23. The molecule has 1 heterocycles. The molecule has 0 aliphatic rings. The second-order valence-corrected chi connectivity index (χ2v) is 5.54. The van der Waals surface area contributed by atoms with Gasteiger partial charge >= 0.3 is 0 Å². The Labute approximate surface area is 145 Å². The number of ether oxygens (including phenoxy) is 2. The topological polar surface area (TPSA) is 77.7 Å². The fourth-order valence-corrected chi connectivity index (χ4v) is 2.28. The second kappa shape index (κ2) is 8.65. The molecule has 0 radical (unpaired) electrons. The highest BCUT2D eigenvalue weighted by Gasteiger charge is 2.23. The summed E-state index contributed by atoms with van der Waals surface area (Å²) in [5.74, 6) is 1.16. The molecule has 0 saturated heterocycles. The number of likely N-dealkylation sites (N-methyl/N-ethyl adjacent to an activating group) is 1. The van der Waals surface area contributed by atoms with Crippen LogP contribution in [0.25, 0.3) is 0 Å². The molecule has 0 aliphatic heterocycles. The van der Waals surface area contributed by atoms with E-state index in [0.29, 0.717) is 29.0 Å². The molecule has 1 amide bonds. The molecule has 8 heteroatoms. The summed E-state index contributed by atoms with van der Waals surface area (Å²) >= 11 is 5.92. The minimum Gasteiger partial charge on any atom is -0.481 e. The molecule has 24 heavy (non-hydrogen) atoms. The number of halogens is 1. The third-order valence-electron chi connectivity index (χ3n) is 3.26. The number of aromatic nitrogens is 2. The average molecular weight is 354 g/mol. The van der Waals surface area contributed by atoms with Crippen LogP contribution in [-0.2, 0) is 22.7 Å². The molecule has 1 aromatic heterocycles. The molecule has 0 bridgehead atoms. The van der Waals surface area contributed by atoms with Gasteiger partial charge in [-0.1, -0.05) is 22.8 Å². The van der Waals surface area contributed by atoms with E-state index in [9.17, 15) is 4.79 Å². The molecule has 1 atom stereocenters. The summed E-state index contributed by atoms with van der Waals surface area (Å²) in [6.45, 7) is 4.53. The van der Waals surface area contributed by atoms with Crippen molar-refractivity contribution in [2.24, 2.45) is 0 Å². The largest absolute Gasteiger partial charge is 0.481 e. The van der Waals surface area contributed by atoms with Crippen LogP contribution < -0.4 is 4.74 Å². The fraction of sp³-hybridized carbons (Fsp3) is 0.438. The van der Waals surface area contributed by atoms with Crippen molar-refractivity contribution in [3.63, 3.8) is 0 Å². The Morgan fingerprint density at radius 1 is 1.46 bits per heavy atom. The van der Waals surface area contributed by atoms with Crippen LogP contribution in [0.2, 0.25) is 5.02 Å². The summed E-state index contributed by atoms with van der Waals surface area (Å²) in [5, 5.41) is 4.33. The Hall–Kier alpha value is -2.12. The minimum absolute atomic E-state index is 0.177. The lowest BCUT2D eigenvalue weighted by molar-refractivity contribution is -0.138. The van der Waals surface area contributed by atoms with E-state index in [1.165, 1.54) is 0 Å². The number of rotatable bonds is 8. The van der Waals surface area contributed by atoms with Crippen molar-refractivity contribution in [3.05, 3.63) is 41.0 Å². The van der Waals surface area contributed by atoms with Crippen molar-refractivity contribution in [3.8, 4) is 5.75 Å². The molecule has 0 N–H and O–H groups in total. The Balaban J connectivity index is 1.98. The summed E-state index contributed by atoms with van der Waals surface area (Å²) in [7, 11) is 1.55. The van der Waals surface area contributed by atoms with Crippen LogP contribution in [0.3, 0.4) is 0 Å². The van der Waals surface area contributed by atoms with Gasteiger partial charge in [0.2, 0.25) is 5.89 Å². The molecule has 0 aliphatic carbocycles. The first-order chi connectivity index (χ1) is 11.5. The molecule has 1 aromatic carbocycles. The molecule has 2 rings (SSSR count). The number of carbonyl (C=O) groups is 1. The fourth-order valence-electron chi connectivity index (χ4n) is 2.10. The van der Waals surface area contributed by atoms with Crippen molar-refractivity contribution in [1.82, 2.24) is 15.0 Å². The standard InChI is InChI=1S/C16H20ClN3O4/c1-4-20(9-15-18-14(10-22-3)19-24-15)16(21)11(2)23-13-7-5-6-12(17)8-13/h5-8,11H,4,9-10H2,1-3H3/t11-/m0/s1. The van der Waals surface area contributed by atoms with Gasteiger partial charge in [-0.2, -0.15) is 4.98 Å². The number of nitrogens with zero attached hydrogens (tertiary/aromatic N) is 3. The number of benzene rings is 1. The number of methoxy groups -OCH3 is 1. The molecule has 0 unspecified atom stereocenters. The third kappa shape index (κ3) is 4.94. The van der Waals surface area contributed by atoms with Crippen LogP contribution in [0.15, 0.2) is 28.8 Å². The Morgan fingerprint density at radius 2 is 2.25 bits per heavy atom. The first kappa shape index (κ1) is 18.2. The maximum absolute atomic E-state index is 12.6. The van der Waals surface area contributed by atoms with E-state index in [-0.39, 0.29) is 19.1 Å². The van der Waals surface area contributed by atoms with Crippen LogP contribution in [0.5, 0.6) is 5.75 Å². The smallest absolute Gasteiger partial charge is 0.263 e. The van der Waals surface area contributed by atoms with E-state index in [2.05, 4.69) is 10.1 Å². The summed E-state index contributed by atoms with van der Waals surface area (Å²) in [4.78, 5) is 18.3. The van der Waals surface area contributed by atoms with Gasteiger partial charge in [-0.15, -0.1) is 0 Å². The first-order valence-corrected chi connectivity index (χ1v) is 7.92. The summed E-state index contributed by atoms with van der Waals surface area (Å²) in [6.07, 6.45) is -0.662. The van der Waals surface area contributed by atoms with Crippen molar-refractivity contribution < 1.29 is 18.8 Å². The molecule has 0 saturated carbocycles. The van der Waals surface area contributed by atoms with Gasteiger partial charge in [0.1, 0.15) is 18.9 Å². The Bertz CT molecular complexity index is 677. The normalized spacial score (nSPS) is 12.0. The average Bonchev–Trinajstić information content (AvgIpc) is 2.99. The van der Waals surface area contributed by atoms with Gasteiger partial charge in [0.25, 0.3) is 5.91 Å². The molecule has 7 nitrogen and oxygen atoms in total. The van der Waals surface area contributed by atoms with Crippen molar-refractivity contribution >= 4 is 17.5 Å². The van der Waals surface area contributed by atoms with Gasteiger partial charge in [-0.05, 0) is 32.0 Å². The van der Waals surface area contributed by atoms with Crippen molar-refractivity contribution in [1.29, 1.82) is 0 Å². The minimum atomic E-state index is -0.662. The van der Waals surface area contributed by atoms with E-state index >= 15 is 0 Å². The predicted molar refractivity (Wildman–Crippen MR) is 87.6 cm³/mol. The molecular formula is C16H20ClN3O4. The Morgan fingerprint density at radius 3 is 2.92 bits per heavy atom. The van der Waals surface area contributed by atoms with Crippen molar-refractivity contribution in [2.75, 3.05) is 13.7 Å². The lowest BCUT2D eigenvalue weighted by Crippen LogP contribution is -2.40. The van der Waals surface area contributed by atoms with Crippen molar-refractivity contribution in [2.45, 2.75) is 33.1 Å². The van der Waals surface area contributed by atoms with E-state index in [1.807, 2.05) is 6.92 Å². The highest BCUT2D eigenvalue weighted by atomic mass is 35.5. The number of amides is 1. The van der Waals surface area contributed by atoms with Crippen LogP contribution in [0, 0.1) is 0 Å². The monoisotopic (exact) mass is 353 g/mol. The van der Waals surface area contributed by atoms with Gasteiger partial charge in [-0.25, -0.2) is 0 Å². The van der Waals surface area contributed by atoms with Gasteiger partial charge in [0, 0.05) is 18.7 Å². The first-order valence-electron chi connectivity index (χ1n) is 7.55. The van der Waals surface area contributed by atoms with E-state index in [4.69, 9.17) is 25.6 Å². The maximum atomic E-state index is 12.6. The zero-order chi connectivity index (χ0) is 17.5. The van der Waals surface area contributed by atoms with E-state index in [0.717, 1.165) is 0 Å². The molecule has 0 spiro atoms. The highest BCUT2D eigenvalue weighted by Crippen LogP contribution is 2.19. The van der Waals surface area contributed by atoms with Crippen LogP contribution in [0.1, 0.15) is 25.6 Å². The summed E-state index contributed by atoms with van der Waals surface area (Å²) < 4.78 is 15.7. The zero-order valence-electron chi connectivity index (χ0n) is 13.9. The van der Waals surface area contributed by atoms with Gasteiger partial charge in [-0.3, -0.25) is 4.79 Å². The zero-order valence-corrected chi connectivity index (χ0v) is 14.6. The molecule has 2 aromatic rings. The molecule has 0 fully saturated rings. The summed E-state index contributed by atoms with van der Waals surface area (Å²) in [5.41, 5.74) is 0. The molecule has 130 valence electrons. The van der Waals surface area contributed by atoms with Crippen LogP contribution in [0.4, 0.5) is 0 Å². The Kier molecular flexibility index (Phi) is 6.57. The third-order valence-corrected chi connectivity index (χ3v) is 3.49. The number of hydrogen-bond donors (Lipinski definition) is 0. The van der Waals surface area contributed by atoms with E-state index in [1.54, 1.807) is 43.2 Å². The van der Waals surface area contributed by atoms with E-state index < -0.39 is 6.10 Å². The van der Waals surface area contributed by atoms with Crippen LogP contribution in [-0.4, -0.2) is 40.7 Å². The quantitative estimate of drug-likeness (QED) is 0.726. The second-order valence-electron chi connectivity index (χ2n) is 5.11. The van der Waals surface area contributed by atoms with Gasteiger partial charge in [0.15, 0.2) is 11.9 Å². The summed E-state index contributed by atoms with van der Waals surface area (Å²) in [6, 6.07) is 6.92. The molecular weight excluding hydrogens is 334 g/mol. The van der Waals surface area contributed by atoms with Gasteiger partial charge in [0.05, 0.1) is 0 Å². The SMILES string of the molecule is CCN(Cc1nc(COC)no1)C(=O)[C@H](C)Oc1cccc(Cl)c1. The van der Waals surface area contributed by atoms with Crippen LogP contribution >= 0.6 is 11.6 Å². The predicted octanol–water partition coefficient (Wildman–Crippen LogP) is 2.69.